The van der Waals surface area contributed by atoms with Crippen LogP contribution in [0.4, 0.5) is 0 Å². The summed E-state index contributed by atoms with van der Waals surface area (Å²) in [6.45, 7) is 2.05. The van der Waals surface area contributed by atoms with Crippen molar-refractivity contribution in [3.8, 4) is 5.75 Å². The van der Waals surface area contributed by atoms with Gasteiger partial charge in [-0.2, -0.15) is 0 Å². The molecule has 1 rings (SSSR count). The average Bonchev–Trinajstić information content (AvgIpc) is 2.14. The Bertz CT molecular complexity index is 305. The Kier molecular flexibility index (Phi) is 5.45. The van der Waals surface area contributed by atoms with Gasteiger partial charge in [-0.1, -0.05) is 0 Å². The predicted octanol–water partition coefficient (Wildman–Crippen LogP) is 0.511. The number of pyridine rings is 1. The number of hydrogen-bond donors (Lipinski definition) is 3. The quantitative estimate of drug-likeness (QED) is 0.691. The molecular weight excluding hydrogens is 204 g/mol. The van der Waals surface area contributed by atoms with Gasteiger partial charge in [-0.05, 0) is 19.9 Å². The summed E-state index contributed by atoms with van der Waals surface area (Å²) in [5.41, 5.74) is 7.31. The van der Waals surface area contributed by atoms with E-state index >= 15 is 0 Å². The molecule has 14 heavy (non-hydrogen) atoms. The molecular formula is C9H15ClN2O2. The molecule has 0 saturated heterocycles. The first kappa shape index (κ1) is 13.2. The molecule has 0 aliphatic carbocycles. The third-order valence-electron chi connectivity index (χ3n) is 1.99. The standard InChI is InChI=1S/C9H14N2O2.ClH/c1-6-9(13)8(2-3-10)7(5-12)4-11-6;/h4,12-13H,2-3,5,10H2,1H3;1H. The molecule has 4 N–H and O–H groups in total. The van der Waals surface area contributed by atoms with E-state index < -0.39 is 0 Å². The van der Waals surface area contributed by atoms with Gasteiger partial charge in [-0.3, -0.25) is 4.98 Å². The van der Waals surface area contributed by atoms with Crippen molar-refractivity contribution in [1.82, 2.24) is 4.98 Å². The summed E-state index contributed by atoms with van der Waals surface area (Å²) in [6.07, 6.45) is 2.13. The van der Waals surface area contributed by atoms with Gasteiger partial charge in [0.05, 0.1) is 12.3 Å². The van der Waals surface area contributed by atoms with E-state index in [9.17, 15) is 5.11 Å². The molecule has 0 aromatic carbocycles. The average molecular weight is 219 g/mol. The van der Waals surface area contributed by atoms with E-state index in [2.05, 4.69) is 4.98 Å². The zero-order chi connectivity index (χ0) is 9.84. The Hall–Kier alpha value is -0.840. The molecule has 0 bridgehead atoms. The van der Waals surface area contributed by atoms with Gasteiger partial charge < -0.3 is 15.9 Å². The molecule has 80 valence electrons. The Morgan fingerprint density at radius 2 is 2.14 bits per heavy atom. The van der Waals surface area contributed by atoms with Crippen LogP contribution in [0.3, 0.4) is 0 Å². The lowest BCUT2D eigenvalue weighted by atomic mass is 10.1. The van der Waals surface area contributed by atoms with E-state index in [1.54, 1.807) is 13.1 Å². The molecule has 1 aromatic heterocycles. The Morgan fingerprint density at radius 3 is 2.64 bits per heavy atom. The van der Waals surface area contributed by atoms with Gasteiger partial charge in [0.25, 0.3) is 0 Å². The van der Waals surface area contributed by atoms with Crippen LogP contribution >= 0.6 is 12.4 Å². The SMILES string of the molecule is Cc1ncc(CO)c(CCN)c1O.Cl. The summed E-state index contributed by atoms with van der Waals surface area (Å²) in [5, 5.41) is 18.6. The topological polar surface area (TPSA) is 79.4 Å². The molecule has 0 amide bonds. The van der Waals surface area contributed by atoms with Crippen LogP contribution in [0.2, 0.25) is 0 Å². The van der Waals surface area contributed by atoms with Crippen LogP contribution in [0.5, 0.6) is 5.75 Å². The predicted molar refractivity (Wildman–Crippen MR) is 56.6 cm³/mol. The third-order valence-corrected chi connectivity index (χ3v) is 1.99. The highest BCUT2D eigenvalue weighted by Gasteiger charge is 2.09. The van der Waals surface area contributed by atoms with E-state index in [0.717, 1.165) is 0 Å². The zero-order valence-electron chi connectivity index (χ0n) is 8.03. The lowest BCUT2D eigenvalue weighted by Crippen LogP contribution is -2.07. The second-order valence-corrected chi connectivity index (χ2v) is 2.89. The Labute approximate surface area is 89.2 Å². The second kappa shape index (κ2) is 5.80. The maximum absolute atomic E-state index is 9.61. The fourth-order valence-corrected chi connectivity index (χ4v) is 1.24. The van der Waals surface area contributed by atoms with Crippen molar-refractivity contribution >= 4 is 12.4 Å². The number of aromatic hydroxyl groups is 1. The third kappa shape index (κ3) is 2.57. The van der Waals surface area contributed by atoms with Gasteiger partial charge in [0.1, 0.15) is 5.75 Å². The smallest absolute Gasteiger partial charge is 0.140 e. The van der Waals surface area contributed by atoms with Crippen LogP contribution in [-0.2, 0) is 13.0 Å². The first-order valence-corrected chi connectivity index (χ1v) is 4.18. The van der Waals surface area contributed by atoms with Gasteiger partial charge in [0, 0.05) is 17.3 Å². The normalized spacial score (nSPS) is 9.64. The van der Waals surface area contributed by atoms with Crippen LogP contribution in [0.25, 0.3) is 0 Å². The number of aromatic nitrogens is 1. The van der Waals surface area contributed by atoms with Crippen LogP contribution in [0, 0.1) is 6.92 Å². The minimum Gasteiger partial charge on any atom is -0.506 e. The minimum atomic E-state index is -0.115. The molecule has 5 heteroatoms. The van der Waals surface area contributed by atoms with Crippen molar-refractivity contribution in [2.75, 3.05) is 6.54 Å². The maximum atomic E-state index is 9.61. The number of nitrogens with two attached hydrogens (primary N) is 1. The molecule has 0 aliphatic rings. The number of nitrogens with zero attached hydrogens (tertiary/aromatic N) is 1. The van der Waals surface area contributed by atoms with Crippen LogP contribution in [0.1, 0.15) is 16.8 Å². The summed E-state index contributed by atoms with van der Waals surface area (Å²) >= 11 is 0. The number of halogens is 1. The summed E-state index contributed by atoms with van der Waals surface area (Å²) < 4.78 is 0. The number of aliphatic hydroxyl groups excluding tert-OH is 1. The molecule has 0 aliphatic heterocycles. The van der Waals surface area contributed by atoms with Gasteiger partial charge >= 0.3 is 0 Å². The van der Waals surface area contributed by atoms with Crippen molar-refractivity contribution in [2.24, 2.45) is 5.73 Å². The molecule has 0 unspecified atom stereocenters. The number of aliphatic hydroxyl groups is 1. The van der Waals surface area contributed by atoms with Gasteiger partial charge in [-0.25, -0.2) is 0 Å². The van der Waals surface area contributed by atoms with Gasteiger partial charge in [-0.15, -0.1) is 12.4 Å². The lowest BCUT2D eigenvalue weighted by molar-refractivity contribution is 0.279. The monoisotopic (exact) mass is 218 g/mol. The summed E-state index contributed by atoms with van der Waals surface area (Å²) in [5.74, 6) is 0.150. The van der Waals surface area contributed by atoms with Gasteiger partial charge in [0.2, 0.25) is 0 Å². The van der Waals surface area contributed by atoms with Crippen molar-refractivity contribution < 1.29 is 10.2 Å². The van der Waals surface area contributed by atoms with Crippen molar-refractivity contribution in [1.29, 1.82) is 0 Å². The number of aryl methyl sites for hydroxylation is 1. The molecule has 0 radical (unpaired) electrons. The first-order chi connectivity index (χ1) is 6.20. The minimum absolute atomic E-state index is 0. The van der Waals surface area contributed by atoms with E-state index in [1.807, 2.05) is 0 Å². The second-order valence-electron chi connectivity index (χ2n) is 2.89. The molecule has 1 aromatic rings. The number of rotatable bonds is 3. The summed E-state index contributed by atoms with van der Waals surface area (Å²) in [6, 6.07) is 0. The van der Waals surface area contributed by atoms with Crippen molar-refractivity contribution in [2.45, 2.75) is 20.0 Å². The van der Waals surface area contributed by atoms with E-state index in [-0.39, 0.29) is 24.8 Å². The largest absolute Gasteiger partial charge is 0.506 e. The Morgan fingerprint density at radius 1 is 1.50 bits per heavy atom. The molecule has 1 heterocycles. The van der Waals surface area contributed by atoms with E-state index in [1.165, 1.54) is 0 Å². The van der Waals surface area contributed by atoms with Crippen LogP contribution < -0.4 is 5.73 Å². The highest BCUT2D eigenvalue weighted by Crippen LogP contribution is 2.23. The summed E-state index contributed by atoms with van der Waals surface area (Å²) in [4.78, 5) is 3.94. The van der Waals surface area contributed by atoms with Crippen molar-refractivity contribution in [3.05, 3.63) is 23.0 Å². The molecule has 0 atom stereocenters. The van der Waals surface area contributed by atoms with Crippen LogP contribution in [0.15, 0.2) is 6.20 Å². The summed E-state index contributed by atoms with van der Waals surface area (Å²) in [7, 11) is 0. The highest BCUT2D eigenvalue weighted by atomic mass is 35.5. The van der Waals surface area contributed by atoms with Crippen LogP contribution in [-0.4, -0.2) is 21.7 Å². The molecule has 0 fully saturated rings. The van der Waals surface area contributed by atoms with E-state index in [0.29, 0.717) is 29.8 Å². The lowest BCUT2D eigenvalue weighted by Gasteiger charge is -2.09. The fourth-order valence-electron chi connectivity index (χ4n) is 1.24. The highest BCUT2D eigenvalue weighted by molar-refractivity contribution is 5.85. The van der Waals surface area contributed by atoms with E-state index in [4.69, 9.17) is 10.8 Å². The number of hydrogen-bond acceptors (Lipinski definition) is 4. The Balaban J connectivity index is 0.00000169. The molecule has 0 spiro atoms. The van der Waals surface area contributed by atoms with Gasteiger partial charge in [0.15, 0.2) is 0 Å². The molecule has 4 nitrogen and oxygen atoms in total. The zero-order valence-corrected chi connectivity index (χ0v) is 8.84. The fraction of sp³-hybridized carbons (Fsp3) is 0.444. The maximum Gasteiger partial charge on any atom is 0.140 e. The molecule has 0 saturated carbocycles. The first-order valence-electron chi connectivity index (χ1n) is 4.18. The van der Waals surface area contributed by atoms with Crippen molar-refractivity contribution in [3.63, 3.8) is 0 Å².